The van der Waals surface area contributed by atoms with E-state index >= 15 is 0 Å². The van der Waals surface area contributed by atoms with E-state index in [0.717, 1.165) is 11.1 Å². The quantitative estimate of drug-likeness (QED) is 0.838. The van der Waals surface area contributed by atoms with Crippen LogP contribution in [0, 0.1) is 6.92 Å². The van der Waals surface area contributed by atoms with Crippen molar-refractivity contribution in [3.05, 3.63) is 52.4 Å². The van der Waals surface area contributed by atoms with Crippen molar-refractivity contribution < 1.29 is 9.21 Å². The summed E-state index contributed by atoms with van der Waals surface area (Å²) in [5.41, 5.74) is 8.78. The van der Waals surface area contributed by atoms with Crippen molar-refractivity contribution in [3.8, 4) is 0 Å². The molecular weight excluding hydrogens is 252 g/mol. The fourth-order valence-corrected chi connectivity index (χ4v) is 1.82. The molecule has 0 atom stereocenters. The summed E-state index contributed by atoms with van der Waals surface area (Å²) in [4.78, 5) is 11.8. The van der Waals surface area contributed by atoms with Crippen LogP contribution < -0.4 is 11.1 Å². The van der Waals surface area contributed by atoms with Gasteiger partial charge in [-0.15, -0.1) is 0 Å². The van der Waals surface area contributed by atoms with E-state index in [2.05, 4.69) is 5.32 Å². The molecular formula is C13H13ClN2O2. The third-order valence-corrected chi connectivity index (χ3v) is 3.08. The van der Waals surface area contributed by atoms with Crippen molar-refractivity contribution in [3.63, 3.8) is 0 Å². The summed E-state index contributed by atoms with van der Waals surface area (Å²) < 4.78 is 4.87. The Kier molecular flexibility index (Phi) is 3.58. The monoisotopic (exact) mass is 264 g/mol. The van der Waals surface area contributed by atoms with E-state index in [-0.39, 0.29) is 11.1 Å². The predicted octanol–water partition coefficient (Wildman–Crippen LogP) is 2.75. The molecule has 2 rings (SSSR count). The van der Waals surface area contributed by atoms with Gasteiger partial charge in [0.05, 0.1) is 11.8 Å². The van der Waals surface area contributed by atoms with E-state index in [1.54, 1.807) is 0 Å². The second kappa shape index (κ2) is 5.14. The molecule has 94 valence electrons. The first-order valence-corrected chi connectivity index (χ1v) is 5.82. The first kappa shape index (κ1) is 12.5. The van der Waals surface area contributed by atoms with Gasteiger partial charge in [0, 0.05) is 12.2 Å². The molecule has 1 amide bonds. The van der Waals surface area contributed by atoms with Crippen LogP contribution in [0.15, 0.2) is 34.9 Å². The third-order valence-electron chi connectivity index (χ3n) is 2.79. The molecule has 0 aliphatic carbocycles. The average molecular weight is 265 g/mol. The van der Waals surface area contributed by atoms with E-state index in [1.165, 1.54) is 12.3 Å². The van der Waals surface area contributed by atoms with Crippen LogP contribution in [-0.2, 0) is 6.54 Å². The molecule has 3 N–H and O–H groups in total. The zero-order valence-electron chi connectivity index (χ0n) is 9.87. The minimum absolute atomic E-state index is 0.0943. The van der Waals surface area contributed by atoms with Crippen LogP contribution in [0.2, 0.25) is 5.22 Å². The van der Waals surface area contributed by atoms with Gasteiger partial charge in [-0.3, -0.25) is 4.79 Å². The molecule has 5 heteroatoms. The highest BCUT2D eigenvalue weighted by Crippen LogP contribution is 2.18. The van der Waals surface area contributed by atoms with E-state index < -0.39 is 0 Å². The lowest BCUT2D eigenvalue weighted by molar-refractivity contribution is 0.0950. The summed E-state index contributed by atoms with van der Waals surface area (Å²) in [5, 5.41) is 2.87. The standard InChI is InChI=1S/C13H13ClN2O2/c1-8-9(3-2-4-11(8)15)7-16-13(17)10-5-6-18-12(10)14/h2-6H,7,15H2,1H3,(H,16,17). The molecule has 1 aromatic carbocycles. The Morgan fingerprint density at radius 2 is 2.22 bits per heavy atom. The Hall–Kier alpha value is -1.94. The van der Waals surface area contributed by atoms with Crippen molar-refractivity contribution in [2.75, 3.05) is 5.73 Å². The lowest BCUT2D eigenvalue weighted by Gasteiger charge is -2.09. The number of carbonyl (C=O) groups excluding carboxylic acids is 1. The summed E-state index contributed by atoms with van der Waals surface area (Å²) in [7, 11) is 0. The number of nitrogens with one attached hydrogen (secondary N) is 1. The highest BCUT2D eigenvalue weighted by atomic mass is 35.5. The molecule has 0 spiro atoms. The number of rotatable bonds is 3. The Labute approximate surface area is 110 Å². The summed E-state index contributed by atoms with van der Waals surface area (Å²) in [5.74, 6) is -0.268. The van der Waals surface area contributed by atoms with Crippen molar-refractivity contribution in [1.29, 1.82) is 0 Å². The SMILES string of the molecule is Cc1c(N)cccc1CNC(=O)c1ccoc1Cl. The maximum atomic E-state index is 11.8. The van der Waals surface area contributed by atoms with Crippen LogP contribution in [0.3, 0.4) is 0 Å². The Morgan fingerprint density at radius 3 is 2.89 bits per heavy atom. The predicted molar refractivity (Wildman–Crippen MR) is 70.5 cm³/mol. The van der Waals surface area contributed by atoms with Crippen molar-refractivity contribution in [1.82, 2.24) is 5.32 Å². The smallest absolute Gasteiger partial charge is 0.256 e. The zero-order valence-corrected chi connectivity index (χ0v) is 10.6. The first-order chi connectivity index (χ1) is 8.59. The number of anilines is 1. The third kappa shape index (κ3) is 2.49. The Morgan fingerprint density at radius 1 is 1.44 bits per heavy atom. The van der Waals surface area contributed by atoms with Gasteiger partial charge in [-0.05, 0) is 41.8 Å². The van der Waals surface area contributed by atoms with E-state index in [4.69, 9.17) is 21.8 Å². The van der Waals surface area contributed by atoms with Crippen molar-refractivity contribution >= 4 is 23.2 Å². The number of benzene rings is 1. The topological polar surface area (TPSA) is 68.3 Å². The largest absolute Gasteiger partial charge is 0.452 e. The van der Waals surface area contributed by atoms with Crippen LogP contribution >= 0.6 is 11.6 Å². The molecule has 18 heavy (non-hydrogen) atoms. The van der Waals surface area contributed by atoms with Crippen LogP contribution in [0.25, 0.3) is 0 Å². The number of halogens is 1. The van der Waals surface area contributed by atoms with Gasteiger partial charge in [-0.25, -0.2) is 0 Å². The number of hydrogen-bond acceptors (Lipinski definition) is 3. The van der Waals surface area contributed by atoms with Gasteiger partial charge >= 0.3 is 0 Å². The Balaban J connectivity index is 2.06. The normalized spacial score (nSPS) is 10.3. The molecule has 0 saturated carbocycles. The maximum Gasteiger partial charge on any atom is 0.256 e. The fourth-order valence-electron chi connectivity index (χ4n) is 1.62. The molecule has 2 aromatic rings. The second-order valence-electron chi connectivity index (χ2n) is 3.92. The lowest BCUT2D eigenvalue weighted by atomic mass is 10.1. The van der Waals surface area contributed by atoms with Gasteiger partial charge in [0.25, 0.3) is 5.91 Å². The highest BCUT2D eigenvalue weighted by Gasteiger charge is 2.12. The molecule has 1 aromatic heterocycles. The van der Waals surface area contributed by atoms with Crippen LogP contribution in [0.5, 0.6) is 0 Å². The number of nitrogen functional groups attached to an aromatic ring is 1. The van der Waals surface area contributed by atoms with Crippen LogP contribution in [0.1, 0.15) is 21.5 Å². The molecule has 0 saturated heterocycles. The summed E-state index contributed by atoms with van der Waals surface area (Å²) in [6.45, 7) is 2.32. The zero-order chi connectivity index (χ0) is 13.1. The molecule has 0 unspecified atom stereocenters. The van der Waals surface area contributed by atoms with Gasteiger partial charge in [0.15, 0.2) is 0 Å². The minimum atomic E-state index is -0.268. The molecule has 0 bridgehead atoms. The summed E-state index contributed by atoms with van der Waals surface area (Å²) >= 11 is 5.73. The average Bonchev–Trinajstić information content (AvgIpc) is 2.77. The summed E-state index contributed by atoms with van der Waals surface area (Å²) in [6, 6.07) is 7.13. The van der Waals surface area contributed by atoms with Gasteiger partial charge < -0.3 is 15.5 Å². The molecule has 1 heterocycles. The minimum Gasteiger partial charge on any atom is -0.452 e. The molecule has 0 fully saturated rings. The number of hydrogen-bond donors (Lipinski definition) is 2. The van der Waals surface area contributed by atoms with Crippen LogP contribution in [-0.4, -0.2) is 5.91 Å². The number of nitrogens with two attached hydrogens (primary N) is 1. The van der Waals surface area contributed by atoms with Crippen molar-refractivity contribution in [2.24, 2.45) is 0 Å². The van der Waals surface area contributed by atoms with E-state index in [0.29, 0.717) is 17.8 Å². The van der Waals surface area contributed by atoms with Gasteiger partial charge in [0.2, 0.25) is 5.22 Å². The van der Waals surface area contributed by atoms with E-state index in [9.17, 15) is 4.79 Å². The summed E-state index contributed by atoms with van der Waals surface area (Å²) in [6.07, 6.45) is 1.38. The van der Waals surface area contributed by atoms with Crippen LogP contribution in [0.4, 0.5) is 5.69 Å². The van der Waals surface area contributed by atoms with Gasteiger partial charge in [-0.1, -0.05) is 12.1 Å². The highest BCUT2D eigenvalue weighted by molar-refractivity contribution is 6.32. The molecule has 0 aliphatic rings. The lowest BCUT2D eigenvalue weighted by Crippen LogP contribution is -2.23. The number of carbonyl (C=O) groups is 1. The number of furan rings is 1. The second-order valence-corrected chi connectivity index (χ2v) is 4.27. The maximum absolute atomic E-state index is 11.8. The molecule has 0 radical (unpaired) electrons. The van der Waals surface area contributed by atoms with E-state index in [1.807, 2.05) is 25.1 Å². The number of amides is 1. The first-order valence-electron chi connectivity index (χ1n) is 5.44. The van der Waals surface area contributed by atoms with Crippen molar-refractivity contribution in [2.45, 2.75) is 13.5 Å². The van der Waals surface area contributed by atoms with Gasteiger partial charge in [0.1, 0.15) is 0 Å². The fraction of sp³-hybridized carbons (Fsp3) is 0.154. The van der Waals surface area contributed by atoms with Gasteiger partial charge in [-0.2, -0.15) is 0 Å². The molecule has 0 aliphatic heterocycles. The molecule has 4 nitrogen and oxygen atoms in total. The Bertz CT molecular complexity index is 578.